The maximum Gasteiger partial charge on any atom is 0.234 e. The molecule has 19 heavy (non-hydrogen) atoms. The summed E-state index contributed by atoms with van der Waals surface area (Å²) in [5.74, 6) is 1.43. The lowest BCUT2D eigenvalue weighted by molar-refractivity contribution is 0.283. The van der Waals surface area contributed by atoms with Gasteiger partial charge in [-0.2, -0.15) is 4.98 Å². The molecule has 0 spiro atoms. The molecule has 0 saturated heterocycles. The molecule has 1 saturated carbocycles. The van der Waals surface area contributed by atoms with Crippen molar-refractivity contribution < 1.29 is 4.52 Å². The summed E-state index contributed by atoms with van der Waals surface area (Å²) in [7, 11) is 0. The summed E-state index contributed by atoms with van der Waals surface area (Å²) in [6.07, 6.45) is 5.15. The number of aromatic nitrogens is 3. The molecular weight excluding hydrogens is 260 g/mol. The number of rotatable bonds is 4. The van der Waals surface area contributed by atoms with Crippen LogP contribution in [0.5, 0.6) is 0 Å². The summed E-state index contributed by atoms with van der Waals surface area (Å²) in [5, 5.41) is 7.15. The molecule has 0 atom stereocenters. The van der Waals surface area contributed by atoms with E-state index >= 15 is 0 Å². The van der Waals surface area contributed by atoms with E-state index in [1.165, 1.54) is 12.8 Å². The lowest BCUT2D eigenvalue weighted by Crippen LogP contribution is -2.32. The number of hydrogen-bond donors (Lipinski definition) is 1. The van der Waals surface area contributed by atoms with Crippen molar-refractivity contribution >= 4 is 11.3 Å². The maximum absolute atomic E-state index is 5.93. The first-order valence-electron chi connectivity index (χ1n) is 6.66. The molecule has 0 radical (unpaired) electrons. The molecule has 2 aromatic heterocycles. The van der Waals surface area contributed by atoms with E-state index in [1.54, 1.807) is 11.3 Å². The fourth-order valence-electron chi connectivity index (χ4n) is 2.72. The van der Waals surface area contributed by atoms with Gasteiger partial charge in [-0.05, 0) is 19.8 Å². The van der Waals surface area contributed by atoms with Crippen LogP contribution >= 0.6 is 11.3 Å². The van der Waals surface area contributed by atoms with Crippen LogP contribution in [0.4, 0.5) is 0 Å². The number of hydrogen-bond acceptors (Lipinski definition) is 6. The molecule has 1 aliphatic rings. The second-order valence-corrected chi connectivity index (χ2v) is 6.21. The van der Waals surface area contributed by atoms with Crippen molar-refractivity contribution in [3.05, 3.63) is 27.8 Å². The van der Waals surface area contributed by atoms with Crippen LogP contribution in [0.3, 0.4) is 0 Å². The van der Waals surface area contributed by atoms with Gasteiger partial charge in [0.05, 0.1) is 11.8 Å². The summed E-state index contributed by atoms with van der Waals surface area (Å²) >= 11 is 1.63. The Kier molecular flexibility index (Phi) is 3.36. The zero-order valence-electron chi connectivity index (χ0n) is 11.1. The SMILES string of the molecule is Cc1csc(Cc2noc(C3(CN)CCCC3)n2)n1. The molecule has 2 heterocycles. The molecule has 1 fully saturated rings. The van der Waals surface area contributed by atoms with E-state index in [9.17, 15) is 0 Å². The molecule has 2 aromatic rings. The van der Waals surface area contributed by atoms with E-state index in [0.717, 1.165) is 29.4 Å². The Labute approximate surface area is 116 Å². The summed E-state index contributed by atoms with van der Waals surface area (Å²) in [4.78, 5) is 8.97. The third kappa shape index (κ3) is 2.42. The van der Waals surface area contributed by atoms with Crippen LogP contribution in [0.1, 0.15) is 48.1 Å². The summed E-state index contributed by atoms with van der Waals surface area (Å²) in [5.41, 5.74) is 6.89. The molecule has 0 amide bonds. The molecule has 0 aromatic carbocycles. The molecule has 2 N–H and O–H groups in total. The topological polar surface area (TPSA) is 77.8 Å². The van der Waals surface area contributed by atoms with Gasteiger partial charge in [-0.3, -0.25) is 0 Å². The van der Waals surface area contributed by atoms with Gasteiger partial charge in [-0.1, -0.05) is 18.0 Å². The van der Waals surface area contributed by atoms with Gasteiger partial charge in [-0.15, -0.1) is 11.3 Å². The Hall–Kier alpha value is -1.27. The van der Waals surface area contributed by atoms with Crippen LogP contribution in [0.15, 0.2) is 9.90 Å². The zero-order valence-corrected chi connectivity index (χ0v) is 11.9. The third-order valence-electron chi connectivity index (χ3n) is 3.85. The second kappa shape index (κ2) is 5.02. The third-order valence-corrected chi connectivity index (χ3v) is 4.82. The van der Waals surface area contributed by atoms with Crippen molar-refractivity contribution in [3.8, 4) is 0 Å². The number of aryl methyl sites for hydroxylation is 1. The summed E-state index contributed by atoms with van der Waals surface area (Å²) < 4.78 is 5.46. The quantitative estimate of drug-likeness (QED) is 0.927. The minimum Gasteiger partial charge on any atom is -0.339 e. The smallest absolute Gasteiger partial charge is 0.234 e. The number of thiazole rings is 1. The van der Waals surface area contributed by atoms with Crippen molar-refractivity contribution in [1.29, 1.82) is 0 Å². The average molecular weight is 278 g/mol. The fourth-order valence-corrected chi connectivity index (χ4v) is 3.49. The Morgan fingerprint density at radius 2 is 2.16 bits per heavy atom. The van der Waals surface area contributed by atoms with Gasteiger partial charge >= 0.3 is 0 Å². The predicted octanol–water partition coefficient (Wildman–Crippen LogP) is 2.20. The number of nitrogens with two attached hydrogens (primary N) is 1. The first-order chi connectivity index (χ1) is 9.22. The molecular formula is C13H18N4OS. The fraction of sp³-hybridized carbons (Fsp3) is 0.615. The van der Waals surface area contributed by atoms with Crippen molar-refractivity contribution in [3.63, 3.8) is 0 Å². The molecule has 0 unspecified atom stereocenters. The minimum absolute atomic E-state index is 0.0793. The van der Waals surface area contributed by atoms with E-state index < -0.39 is 0 Å². The van der Waals surface area contributed by atoms with Crippen molar-refractivity contribution in [2.75, 3.05) is 6.54 Å². The van der Waals surface area contributed by atoms with Crippen LogP contribution in [0, 0.1) is 6.92 Å². The Morgan fingerprint density at radius 1 is 1.37 bits per heavy atom. The summed E-state index contributed by atoms with van der Waals surface area (Å²) in [6.45, 7) is 2.58. The average Bonchev–Trinajstić information content (AvgIpc) is 3.11. The van der Waals surface area contributed by atoms with Crippen LogP contribution in [0.25, 0.3) is 0 Å². The monoisotopic (exact) mass is 278 g/mol. The van der Waals surface area contributed by atoms with Gasteiger partial charge in [-0.25, -0.2) is 4.98 Å². The highest BCUT2D eigenvalue weighted by Gasteiger charge is 2.39. The van der Waals surface area contributed by atoms with Crippen LogP contribution < -0.4 is 5.73 Å². The van der Waals surface area contributed by atoms with E-state index in [0.29, 0.717) is 18.8 Å². The molecule has 3 rings (SSSR count). The normalized spacial score (nSPS) is 18.0. The van der Waals surface area contributed by atoms with Gasteiger partial charge in [0.2, 0.25) is 5.89 Å². The van der Waals surface area contributed by atoms with E-state index in [4.69, 9.17) is 10.3 Å². The lowest BCUT2D eigenvalue weighted by atomic mass is 9.86. The minimum atomic E-state index is -0.0793. The first-order valence-corrected chi connectivity index (χ1v) is 7.54. The van der Waals surface area contributed by atoms with Crippen LogP contribution in [0.2, 0.25) is 0 Å². The molecule has 1 aliphatic carbocycles. The molecule has 6 heteroatoms. The standard InChI is InChI=1S/C13H18N4OS/c1-9-7-19-11(15-9)6-10-16-12(18-17-10)13(8-14)4-2-3-5-13/h7H,2-6,8,14H2,1H3. The van der Waals surface area contributed by atoms with Crippen molar-refractivity contribution in [1.82, 2.24) is 15.1 Å². The van der Waals surface area contributed by atoms with Gasteiger partial charge in [0.1, 0.15) is 5.01 Å². The zero-order chi connectivity index (χ0) is 13.3. The molecule has 5 nitrogen and oxygen atoms in total. The highest BCUT2D eigenvalue weighted by molar-refractivity contribution is 7.09. The molecule has 102 valence electrons. The van der Waals surface area contributed by atoms with Crippen molar-refractivity contribution in [2.45, 2.75) is 44.4 Å². The Morgan fingerprint density at radius 3 is 2.79 bits per heavy atom. The molecule has 0 bridgehead atoms. The summed E-state index contributed by atoms with van der Waals surface area (Å²) in [6, 6.07) is 0. The van der Waals surface area contributed by atoms with E-state index in [2.05, 4.69) is 15.1 Å². The highest BCUT2D eigenvalue weighted by atomic mass is 32.1. The Bertz CT molecular complexity index is 556. The number of nitrogens with zero attached hydrogens (tertiary/aromatic N) is 3. The van der Waals surface area contributed by atoms with E-state index in [-0.39, 0.29) is 5.41 Å². The molecule has 0 aliphatic heterocycles. The largest absolute Gasteiger partial charge is 0.339 e. The van der Waals surface area contributed by atoms with Gasteiger partial charge in [0, 0.05) is 17.6 Å². The van der Waals surface area contributed by atoms with Crippen molar-refractivity contribution in [2.24, 2.45) is 5.73 Å². The predicted molar refractivity (Wildman–Crippen MR) is 73.2 cm³/mol. The second-order valence-electron chi connectivity index (χ2n) is 5.27. The van der Waals surface area contributed by atoms with Gasteiger partial charge < -0.3 is 10.3 Å². The van der Waals surface area contributed by atoms with Gasteiger partial charge in [0.25, 0.3) is 0 Å². The lowest BCUT2D eigenvalue weighted by Gasteiger charge is -2.21. The van der Waals surface area contributed by atoms with Gasteiger partial charge in [0.15, 0.2) is 5.82 Å². The van der Waals surface area contributed by atoms with Crippen LogP contribution in [-0.4, -0.2) is 21.7 Å². The maximum atomic E-state index is 5.93. The van der Waals surface area contributed by atoms with Crippen LogP contribution in [-0.2, 0) is 11.8 Å². The highest BCUT2D eigenvalue weighted by Crippen LogP contribution is 2.39. The van der Waals surface area contributed by atoms with E-state index in [1.807, 2.05) is 12.3 Å². The first kappa shape index (κ1) is 12.7. The Balaban J connectivity index is 1.79.